The van der Waals surface area contributed by atoms with E-state index in [4.69, 9.17) is 11.6 Å². The predicted molar refractivity (Wildman–Crippen MR) is 125 cm³/mol. The molecule has 1 aromatic heterocycles. The van der Waals surface area contributed by atoms with Crippen LogP contribution >= 0.6 is 11.6 Å². The second-order valence-electron chi connectivity index (χ2n) is 8.41. The lowest BCUT2D eigenvalue weighted by Gasteiger charge is -2.33. The molecule has 3 aromatic rings. The maximum atomic E-state index is 13.2. The SMILES string of the molecule is Cc1nn(-c2ccc(F)cc2)c(Cl)c1C(=O)NCc1ccccc1CN1CCCCC1C. The van der Waals surface area contributed by atoms with Gasteiger partial charge in [-0.2, -0.15) is 5.10 Å². The molecule has 0 bridgehead atoms. The highest BCUT2D eigenvalue weighted by molar-refractivity contribution is 6.33. The minimum Gasteiger partial charge on any atom is -0.348 e. The number of hydrogen-bond donors (Lipinski definition) is 1. The number of halogens is 2. The number of nitrogens with one attached hydrogen (secondary N) is 1. The normalized spacial score (nSPS) is 16.8. The van der Waals surface area contributed by atoms with E-state index in [1.54, 1.807) is 19.1 Å². The van der Waals surface area contributed by atoms with Crippen LogP contribution in [0.2, 0.25) is 5.15 Å². The summed E-state index contributed by atoms with van der Waals surface area (Å²) in [5, 5.41) is 7.60. The molecule has 4 rings (SSSR count). The third-order valence-corrected chi connectivity index (χ3v) is 6.52. The van der Waals surface area contributed by atoms with Gasteiger partial charge in [-0.15, -0.1) is 0 Å². The van der Waals surface area contributed by atoms with E-state index in [0.717, 1.165) is 18.7 Å². The lowest BCUT2D eigenvalue weighted by molar-refractivity contribution is 0.0950. The fraction of sp³-hybridized carbons (Fsp3) is 0.360. The number of rotatable bonds is 6. The number of likely N-dealkylation sites (tertiary alicyclic amines) is 1. The van der Waals surface area contributed by atoms with Crippen LogP contribution in [0.15, 0.2) is 48.5 Å². The van der Waals surface area contributed by atoms with Gasteiger partial charge >= 0.3 is 0 Å². The summed E-state index contributed by atoms with van der Waals surface area (Å²) >= 11 is 6.50. The molecule has 1 saturated heterocycles. The number of nitrogens with zero attached hydrogens (tertiary/aromatic N) is 3. The predicted octanol–water partition coefficient (Wildman–Crippen LogP) is 5.28. The van der Waals surface area contributed by atoms with Gasteiger partial charge in [-0.1, -0.05) is 42.3 Å². The fourth-order valence-electron chi connectivity index (χ4n) is 4.27. The van der Waals surface area contributed by atoms with Crippen LogP contribution in [0.4, 0.5) is 4.39 Å². The molecule has 1 unspecified atom stereocenters. The van der Waals surface area contributed by atoms with Crippen molar-refractivity contribution in [2.45, 2.75) is 52.2 Å². The molecule has 1 aliphatic rings. The van der Waals surface area contributed by atoms with Crippen molar-refractivity contribution in [3.8, 4) is 5.69 Å². The van der Waals surface area contributed by atoms with Gasteiger partial charge in [-0.25, -0.2) is 9.07 Å². The summed E-state index contributed by atoms with van der Waals surface area (Å²) in [5.41, 5.74) is 3.77. The Morgan fingerprint density at radius 1 is 1.16 bits per heavy atom. The van der Waals surface area contributed by atoms with E-state index in [1.165, 1.54) is 41.6 Å². The number of piperidine rings is 1. The Balaban J connectivity index is 1.48. The van der Waals surface area contributed by atoms with Gasteiger partial charge in [-0.05, 0) is 68.6 Å². The van der Waals surface area contributed by atoms with Crippen molar-refractivity contribution >= 4 is 17.5 Å². The third-order valence-electron chi connectivity index (χ3n) is 6.17. The molecule has 0 radical (unpaired) electrons. The number of carbonyl (C=O) groups is 1. The molecule has 2 heterocycles. The zero-order valence-electron chi connectivity index (χ0n) is 18.4. The van der Waals surface area contributed by atoms with Crippen LogP contribution in [-0.4, -0.2) is 33.2 Å². The van der Waals surface area contributed by atoms with Crippen LogP contribution in [-0.2, 0) is 13.1 Å². The molecular formula is C25H28ClFN4O. The molecule has 7 heteroatoms. The summed E-state index contributed by atoms with van der Waals surface area (Å²) in [6.07, 6.45) is 3.76. The molecule has 1 aliphatic heterocycles. The van der Waals surface area contributed by atoms with E-state index < -0.39 is 0 Å². The summed E-state index contributed by atoms with van der Waals surface area (Å²) in [6.45, 7) is 6.43. The van der Waals surface area contributed by atoms with Crippen LogP contribution in [0.1, 0.15) is 53.4 Å². The number of amides is 1. The van der Waals surface area contributed by atoms with Gasteiger partial charge < -0.3 is 5.32 Å². The van der Waals surface area contributed by atoms with Crippen LogP contribution in [0.5, 0.6) is 0 Å². The van der Waals surface area contributed by atoms with Crippen LogP contribution in [0.3, 0.4) is 0 Å². The van der Waals surface area contributed by atoms with E-state index in [1.807, 2.05) is 12.1 Å². The minimum atomic E-state index is -0.343. The number of hydrogen-bond acceptors (Lipinski definition) is 3. The highest BCUT2D eigenvalue weighted by atomic mass is 35.5. The minimum absolute atomic E-state index is 0.210. The first-order chi connectivity index (χ1) is 15.4. The first-order valence-corrected chi connectivity index (χ1v) is 11.4. The Bertz CT molecular complexity index is 1100. The van der Waals surface area contributed by atoms with Crippen molar-refractivity contribution in [2.75, 3.05) is 6.54 Å². The summed E-state index contributed by atoms with van der Waals surface area (Å²) in [7, 11) is 0. The molecule has 0 saturated carbocycles. The maximum absolute atomic E-state index is 13.2. The molecule has 1 fully saturated rings. The van der Waals surface area contributed by atoms with Gasteiger partial charge in [0.2, 0.25) is 0 Å². The molecule has 1 atom stereocenters. The molecular weight excluding hydrogens is 427 g/mol. The Morgan fingerprint density at radius 3 is 2.59 bits per heavy atom. The summed E-state index contributed by atoms with van der Waals surface area (Å²) in [5.74, 6) is -0.619. The molecule has 0 aliphatic carbocycles. The van der Waals surface area contributed by atoms with E-state index in [-0.39, 0.29) is 16.9 Å². The molecule has 5 nitrogen and oxygen atoms in total. The van der Waals surface area contributed by atoms with Crippen molar-refractivity contribution in [3.63, 3.8) is 0 Å². The lowest BCUT2D eigenvalue weighted by atomic mass is 10.0. The fourth-order valence-corrected chi connectivity index (χ4v) is 4.63. The van der Waals surface area contributed by atoms with Crippen molar-refractivity contribution < 1.29 is 9.18 Å². The van der Waals surface area contributed by atoms with Crippen molar-refractivity contribution in [1.82, 2.24) is 20.0 Å². The van der Waals surface area contributed by atoms with Gasteiger partial charge in [0.15, 0.2) is 0 Å². The van der Waals surface area contributed by atoms with Gasteiger partial charge in [-0.3, -0.25) is 9.69 Å². The molecule has 168 valence electrons. The lowest BCUT2D eigenvalue weighted by Crippen LogP contribution is -2.37. The second-order valence-corrected chi connectivity index (χ2v) is 8.76. The van der Waals surface area contributed by atoms with Gasteiger partial charge in [0, 0.05) is 19.1 Å². The molecule has 1 N–H and O–H groups in total. The Labute approximate surface area is 193 Å². The van der Waals surface area contributed by atoms with E-state index in [9.17, 15) is 9.18 Å². The smallest absolute Gasteiger partial charge is 0.256 e. The summed E-state index contributed by atoms with van der Waals surface area (Å²) in [4.78, 5) is 15.5. The van der Waals surface area contributed by atoms with Crippen molar-refractivity contribution in [2.24, 2.45) is 0 Å². The maximum Gasteiger partial charge on any atom is 0.256 e. The molecule has 2 aromatic carbocycles. The number of aromatic nitrogens is 2. The van der Waals surface area contributed by atoms with Gasteiger partial charge in [0.25, 0.3) is 5.91 Å². The first kappa shape index (κ1) is 22.5. The van der Waals surface area contributed by atoms with Gasteiger partial charge in [0.1, 0.15) is 11.0 Å². The van der Waals surface area contributed by atoms with Crippen LogP contribution in [0, 0.1) is 12.7 Å². The number of aryl methyl sites for hydroxylation is 1. The first-order valence-electron chi connectivity index (χ1n) is 11.0. The zero-order chi connectivity index (χ0) is 22.7. The standard InChI is InChI=1S/C25H28ClFN4O/c1-17-7-5-6-14-30(17)16-20-9-4-3-8-19(20)15-28-25(32)23-18(2)29-31(24(23)26)22-12-10-21(27)11-13-22/h3-4,8-13,17H,5-7,14-16H2,1-2H3,(H,28,32). The number of carbonyl (C=O) groups excluding carboxylic acids is 1. The number of benzene rings is 2. The van der Waals surface area contributed by atoms with E-state index in [2.05, 4.69) is 34.4 Å². The van der Waals surface area contributed by atoms with Crippen LogP contribution < -0.4 is 5.32 Å². The largest absolute Gasteiger partial charge is 0.348 e. The van der Waals surface area contributed by atoms with E-state index >= 15 is 0 Å². The second kappa shape index (κ2) is 9.84. The quantitative estimate of drug-likeness (QED) is 0.551. The summed E-state index contributed by atoms with van der Waals surface area (Å²) < 4.78 is 14.7. The Hall–Kier alpha value is -2.70. The average Bonchev–Trinajstić information content (AvgIpc) is 3.09. The molecule has 0 spiro atoms. The monoisotopic (exact) mass is 454 g/mol. The molecule has 1 amide bonds. The highest BCUT2D eigenvalue weighted by Gasteiger charge is 2.22. The molecule has 32 heavy (non-hydrogen) atoms. The Kier molecular flexibility index (Phi) is 6.92. The van der Waals surface area contributed by atoms with Crippen molar-refractivity contribution in [3.05, 3.63) is 81.9 Å². The van der Waals surface area contributed by atoms with E-state index in [0.29, 0.717) is 29.5 Å². The topological polar surface area (TPSA) is 50.2 Å². The Morgan fingerprint density at radius 2 is 1.88 bits per heavy atom. The average molecular weight is 455 g/mol. The van der Waals surface area contributed by atoms with Crippen molar-refractivity contribution in [1.29, 1.82) is 0 Å². The third kappa shape index (κ3) is 4.87. The van der Waals surface area contributed by atoms with Crippen LogP contribution in [0.25, 0.3) is 5.69 Å². The highest BCUT2D eigenvalue weighted by Crippen LogP contribution is 2.24. The van der Waals surface area contributed by atoms with Gasteiger partial charge in [0.05, 0.1) is 16.9 Å². The zero-order valence-corrected chi connectivity index (χ0v) is 19.2. The summed E-state index contributed by atoms with van der Waals surface area (Å²) in [6, 6.07) is 14.6.